The first-order valence-electron chi connectivity index (χ1n) is 15.7. The Bertz CT molecular complexity index is 1230. The maximum Gasteiger partial charge on any atom is 0.117 e. The van der Waals surface area contributed by atoms with E-state index in [0.717, 1.165) is 61.2 Å². The minimum atomic E-state index is 0.633. The van der Waals surface area contributed by atoms with Gasteiger partial charge in [0.1, 0.15) is 17.5 Å². The van der Waals surface area contributed by atoms with Crippen LogP contribution in [0.3, 0.4) is 0 Å². The Balaban J connectivity index is 0.000000906. The molecule has 6 heteroatoms. The monoisotopic (exact) mass is 588 g/mol. The fraction of sp³-hybridized carbons (Fsp3) is 0.459. The van der Waals surface area contributed by atoms with Crippen LogP contribution in [0.5, 0.6) is 0 Å². The number of nitrogens with two attached hydrogens (primary N) is 1. The predicted octanol–water partition coefficient (Wildman–Crippen LogP) is 9.23. The molecule has 0 radical (unpaired) electrons. The molecule has 0 unspecified atom stereocenters. The lowest BCUT2D eigenvalue weighted by atomic mass is 10.0. The number of fused-ring (bicyclic) bond motifs is 1. The quantitative estimate of drug-likeness (QED) is 0.0975. The molecule has 0 saturated heterocycles. The molecule has 0 aliphatic carbocycles. The van der Waals surface area contributed by atoms with Crippen molar-refractivity contribution in [1.29, 1.82) is 0 Å². The molecule has 43 heavy (non-hydrogen) atoms. The number of nitrogens with one attached hydrogen (secondary N) is 2. The molecule has 0 spiro atoms. The Morgan fingerprint density at radius 1 is 1.00 bits per heavy atom. The van der Waals surface area contributed by atoms with E-state index in [-0.39, 0.29) is 0 Å². The van der Waals surface area contributed by atoms with E-state index in [9.17, 15) is 0 Å². The van der Waals surface area contributed by atoms with Gasteiger partial charge in [0.25, 0.3) is 0 Å². The minimum absolute atomic E-state index is 0.633. The first kappa shape index (κ1) is 39.4. The average Bonchev–Trinajstić information content (AvgIpc) is 3.31. The van der Waals surface area contributed by atoms with Crippen LogP contribution in [0.25, 0.3) is 16.7 Å². The number of nitrogens with zero attached hydrogens (tertiary/aromatic N) is 3. The highest BCUT2D eigenvalue weighted by Crippen LogP contribution is 2.25. The highest BCUT2D eigenvalue weighted by molar-refractivity contribution is 5.94. The third kappa shape index (κ3) is 15.4. The number of rotatable bonds is 17. The van der Waals surface area contributed by atoms with Crippen molar-refractivity contribution in [3.8, 4) is 0 Å². The maximum absolute atomic E-state index is 6.03. The fourth-order valence-electron chi connectivity index (χ4n) is 4.10. The molecule has 6 nitrogen and oxygen atoms in total. The highest BCUT2D eigenvalue weighted by atomic mass is 15.0. The lowest BCUT2D eigenvalue weighted by Crippen LogP contribution is -2.17. The Labute approximate surface area is 263 Å². The van der Waals surface area contributed by atoms with Crippen LogP contribution >= 0.6 is 0 Å². The van der Waals surface area contributed by atoms with Crippen LogP contribution in [-0.4, -0.2) is 34.2 Å². The normalized spacial score (nSPS) is 11.7. The molecule has 0 saturated carbocycles. The van der Waals surface area contributed by atoms with Crippen molar-refractivity contribution in [1.82, 2.24) is 25.2 Å². The second-order valence-corrected chi connectivity index (χ2v) is 10.5. The SMILES string of the molecule is C/C=C(\C)CC.C=C(CCC)CNCCC.C=CC/C=C\C(CNC(=C)c1ncnc2c(N)cn(C)c12)=C(/C=C)CCC. The molecular formula is C37H60N6. The van der Waals surface area contributed by atoms with Crippen molar-refractivity contribution in [2.24, 2.45) is 7.05 Å². The molecule has 0 aromatic carbocycles. The van der Waals surface area contributed by atoms with Crippen LogP contribution in [0, 0.1) is 0 Å². The molecular weight excluding hydrogens is 528 g/mol. The number of aromatic nitrogens is 3. The van der Waals surface area contributed by atoms with Gasteiger partial charge in [-0.3, -0.25) is 0 Å². The highest BCUT2D eigenvalue weighted by Gasteiger charge is 2.13. The summed E-state index contributed by atoms with van der Waals surface area (Å²) in [6, 6.07) is 0. The largest absolute Gasteiger partial charge is 0.396 e. The number of anilines is 1. The molecule has 2 aromatic heterocycles. The van der Waals surface area contributed by atoms with E-state index in [1.807, 2.05) is 30.0 Å². The molecule has 0 aliphatic rings. The van der Waals surface area contributed by atoms with Crippen LogP contribution in [-0.2, 0) is 7.05 Å². The van der Waals surface area contributed by atoms with E-state index < -0.39 is 0 Å². The van der Waals surface area contributed by atoms with Crippen molar-refractivity contribution in [3.63, 3.8) is 0 Å². The first-order valence-corrected chi connectivity index (χ1v) is 15.7. The summed E-state index contributed by atoms with van der Waals surface area (Å²) < 4.78 is 1.93. The number of hydrogen-bond acceptors (Lipinski definition) is 5. The second kappa shape index (κ2) is 23.9. The lowest BCUT2D eigenvalue weighted by molar-refractivity contribution is 0.695. The van der Waals surface area contributed by atoms with E-state index in [1.165, 1.54) is 47.9 Å². The van der Waals surface area contributed by atoms with Gasteiger partial charge in [-0.25, -0.2) is 9.97 Å². The standard InChI is InChI=1S/C22H29N5.C9H19N.C6H12/c1-6-9-10-12-18(17(8-3)11-7-2)13-24-16(4)20-22-21(26-15-25-20)19(23)14-27(22)5;1-4-6-9(3)8-10-7-5-2;1-4-6(3)5-2/h6,8,10,12,14-15,24H,1,3-4,7,9,11,13,23H2,2,5H3;10H,3-8H2,1-2H3;4H,5H2,1-3H3/b12-10-,18-17-;;6-4+. The summed E-state index contributed by atoms with van der Waals surface area (Å²) in [7, 11) is 1.93. The Morgan fingerprint density at radius 3 is 2.23 bits per heavy atom. The molecule has 4 N–H and O–H groups in total. The number of allylic oxidation sites excluding steroid dienone is 6. The molecule has 0 fully saturated rings. The predicted molar refractivity (Wildman–Crippen MR) is 193 cm³/mol. The van der Waals surface area contributed by atoms with E-state index in [2.05, 4.69) is 107 Å². The van der Waals surface area contributed by atoms with Crippen molar-refractivity contribution in [3.05, 3.63) is 97.2 Å². The maximum atomic E-state index is 6.03. The van der Waals surface area contributed by atoms with Crippen molar-refractivity contribution < 1.29 is 0 Å². The Morgan fingerprint density at radius 2 is 1.70 bits per heavy atom. The summed E-state index contributed by atoms with van der Waals surface area (Å²) in [5, 5.41) is 6.73. The number of nitrogen functional groups attached to an aromatic ring is 1. The van der Waals surface area contributed by atoms with Crippen LogP contribution in [0.2, 0.25) is 0 Å². The summed E-state index contributed by atoms with van der Waals surface area (Å²) in [4.78, 5) is 8.71. The fourth-order valence-corrected chi connectivity index (χ4v) is 4.10. The first-order chi connectivity index (χ1) is 20.6. The summed E-state index contributed by atoms with van der Waals surface area (Å²) >= 11 is 0. The zero-order chi connectivity index (χ0) is 32.6. The smallest absolute Gasteiger partial charge is 0.117 e. The van der Waals surface area contributed by atoms with Crippen molar-refractivity contribution in [2.75, 3.05) is 25.4 Å². The van der Waals surface area contributed by atoms with Gasteiger partial charge in [-0.15, -0.1) is 6.58 Å². The minimum Gasteiger partial charge on any atom is -0.396 e. The van der Waals surface area contributed by atoms with Gasteiger partial charge in [-0.1, -0.05) is 102 Å². The molecule has 2 heterocycles. The number of hydrogen-bond donors (Lipinski definition) is 3. The lowest BCUT2D eigenvalue weighted by Gasteiger charge is -2.14. The van der Waals surface area contributed by atoms with E-state index in [1.54, 1.807) is 0 Å². The Kier molecular flexibility index (Phi) is 21.9. The van der Waals surface area contributed by atoms with Gasteiger partial charge in [0.15, 0.2) is 0 Å². The molecule has 0 amide bonds. The van der Waals surface area contributed by atoms with Crippen molar-refractivity contribution >= 4 is 22.4 Å². The van der Waals surface area contributed by atoms with Gasteiger partial charge in [0, 0.05) is 26.3 Å². The molecule has 0 atom stereocenters. The third-order valence-electron chi connectivity index (χ3n) is 6.82. The van der Waals surface area contributed by atoms with Gasteiger partial charge < -0.3 is 20.9 Å². The third-order valence-corrected chi connectivity index (χ3v) is 6.82. The van der Waals surface area contributed by atoms with Gasteiger partial charge in [-0.2, -0.15) is 0 Å². The van der Waals surface area contributed by atoms with Crippen molar-refractivity contribution in [2.45, 2.75) is 86.5 Å². The summed E-state index contributed by atoms with van der Waals surface area (Å²) in [5.74, 6) is 0. The summed E-state index contributed by atoms with van der Waals surface area (Å²) in [5.41, 5.74) is 15.0. The topological polar surface area (TPSA) is 80.8 Å². The van der Waals surface area contributed by atoms with Crippen LogP contribution in [0.15, 0.2) is 91.5 Å². The van der Waals surface area contributed by atoms with E-state index >= 15 is 0 Å². The molecule has 0 aliphatic heterocycles. The van der Waals surface area contributed by atoms with Gasteiger partial charge in [0.2, 0.25) is 0 Å². The molecule has 2 aromatic rings. The zero-order valence-electron chi connectivity index (χ0n) is 28.4. The summed E-state index contributed by atoms with van der Waals surface area (Å²) in [6.07, 6.45) is 21.2. The Hall–Kier alpha value is -3.64. The summed E-state index contributed by atoms with van der Waals surface area (Å²) in [6.45, 7) is 31.5. The van der Waals surface area contributed by atoms with Gasteiger partial charge in [-0.05, 0) is 63.6 Å². The van der Waals surface area contributed by atoms with E-state index in [4.69, 9.17) is 5.73 Å². The van der Waals surface area contributed by atoms with Gasteiger partial charge in [0.05, 0.1) is 16.9 Å². The van der Waals surface area contributed by atoms with Crippen LogP contribution < -0.4 is 16.4 Å². The molecule has 2 rings (SSSR count). The second-order valence-electron chi connectivity index (χ2n) is 10.5. The van der Waals surface area contributed by atoms with E-state index in [0.29, 0.717) is 12.2 Å². The molecule has 238 valence electrons. The zero-order valence-corrected chi connectivity index (χ0v) is 28.4. The van der Waals surface area contributed by atoms with Crippen LogP contribution in [0.1, 0.15) is 92.2 Å². The van der Waals surface area contributed by atoms with Crippen LogP contribution in [0.4, 0.5) is 5.69 Å². The van der Waals surface area contributed by atoms with Gasteiger partial charge >= 0.3 is 0 Å². The molecule has 0 bridgehead atoms. The number of aryl methyl sites for hydroxylation is 1. The average molecular weight is 589 g/mol.